The summed E-state index contributed by atoms with van der Waals surface area (Å²) in [5.41, 5.74) is 3.07. The van der Waals surface area contributed by atoms with Crippen LogP contribution in [-0.4, -0.2) is 25.3 Å². The number of hydrogen-bond donors (Lipinski definition) is 1. The zero-order valence-corrected chi connectivity index (χ0v) is 14.5. The van der Waals surface area contributed by atoms with Gasteiger partial charge in [-0.3, -0.25) is 4.79 Å². The van der Waals surface area contributed by atoms with Crippen LogP contribution < -0.4 is 10.1 Å². The Balaban J connectivity index is 1.92. The molecule has 1 N–H and O–H groups in total. The molecule has 26 heavy (non-hydrogen) atoms. The SMILES string of the molecule is CCc1cccc(C)c1NC(=O)CO/N=C\c1ccccc1OC(F)F. The third kappa shape index (κ3) is 5.54. The summed E-state index contributed by atoms with van der Waals surface area (Å²) in [6.07, 6.45) is 2.01. The Labute approximate surface area is 150 Å². The van der Waals surface area contributed by atoms with Crippen LogP contribution in [0.25, 0.3) is 0 Å². The first kappa shape index (κ1) is 19.4. The number of anilines is 1. The van der Waals surface area contributed by atoms with E-state index in [0.717, 1.165) is 23.2 Å². The number of ether oxygens (including phenoxy) is 1. The Kier molecular flexibility index (Phi) is 7.08. The van der Waals surface area contributed by atoms with Gasteiger partial charge in [-0.1, -0.05) is 42.4 Å². The maximum Gasteiger partial charge on any atom is 0.387 e. The molecule has 7 heteroatoms. The monoisotopic (exact) mass is 362 g/mol. The van der Waals surface area contributed by atoms with Gasteiger partial charge in [-0.25, -0.2) is 0 Å². The summed E-state index contributed by atoms with van der Waals surface area (Å²) >= 11 is 0. The van der Waals surface area contributed by atoms with Gasteiger partial charge in [-0.15, -0.1) is 0 Å². The van der Waals surface area contributed by atoms with Crippen molar-refractivity contribution in [3.05, 3.63) is 59.2 Å². The lowest BCUT2D eigenvalue weighted by Gasteiger charge is -2.12. The largest absolute Gasteiger partial charge is 0.434 e. The second-order valence-electron chi connectivity index (χ2n) is 5.44. The fourth-order valence-corrected chi connectivity index (χ4v) is 2.36. The van der Waals surface area contributed by atoms with Crippen LogP contribution in [0.3, 0.4) is 0 Å². The predicted molar refractivity (Wildman–Crippen MR) is 95.8 cm³/mol. The number of aryl methyl sites for hydroxylation is 2. The highest BCUT2D eigenvalue weighted by atomic mass is 19.3. The number of alkyl halides is 2. The van der Waals surface area contributed by atoms with E-state index < -0.39 is 6.61 Å². The molecule has 0 spiro atoms. The highest BCUT2D eigenvalue weighted by Gasteiger charge is 2.10. The van der Waals surface area contributed by atoms with Crippen LogP contribution in [0.5, 0.6) is 5.75 Å². The molecule has 138 valence electrons. The van der Waals surface area contributed by atoms with Crippen molar-refractivity contribution in [2.24, 2.45) is 5.16 Å². The van der Waals surface area contributed by atoms with Crippen molar-refractivity contribution in [1.29, 1.82) is 0 Å². The molecule has 0 atom stereocenters. The maximum atomic E-state index is 12.3. The molecule has 0 saturated carbocycles. The first-order chi connectivity index (χ1) is 12.5. The van der Waals surface area contributed by atoms with E-state index in [1.54, 1.807) is 18.2 Å². The number of carbonyl (C=O) groups is 1. The third-order valence-corrected chi connectivity index (χ3v) is 3.60. The number of nitrogens with zero attached hydrogens (tertiary/aromatic N) is 1. The Morgan fingerprint density at radius 3 is 2.73 bits per heavy atom. The van der Waals surface area contributed by atoms with E-state index in [1.165, 1.54) is 12.3 Å². The van der Waals surface area contributed by atoms with Crippen molar-refractivity contribution in [1.82, 2.24) is 0 Å². The summed E-state index contributed by atoms with van der Waals surface area (Å²) in [6, 6.07) is 11.9. The molecule has 0 aliphatic rings. The molecule has 0 aliphatic heterocycles. The van der Waals surface area contributed by atoms with Crippen molar-refractivity contribution >= 4 is 17.8 Å². The van der Waals surface area contributed by atoms with Crippen LogP contribution >= 0.6 is 0 Å². The molecule has 2 aromatic rings. The number of para-hydroxylation sites is 2. The van der Waals surface area contributed by atoms with Gasteiger partial charge in [0.1, 0.15) is 5.75 Å². The molecule has 5 nitrogen and oxygen atoms in total. The van der Waals surface area contributed by atoms with Crippen LogP contribution in [0.15, 0.2) is 47.6 Å². The van der Waals surface area contributed by atoms with Crippen LogP contribution in [0.4, 0.5) is 14.5 Å². The number of nitrogens with one attached hydrogen (secondary N) is 1. The Hall–Kier alpha value is -2.96. The van der Waals surface area contributed by atoms with Crippen LogP contribution in [-0.2, 0) is 16.1 Å². The second-order valence-corrected chi connectivity index (χ2v) is 5.44. The van der Waals surface area contributed by atoms with Gasteiger partial charge in [0.2, 0.25) is 0 Å². The zero-order valence-electron chi connectivity index (χ0n) is 14.5. The van der Waals surface area contributed by atoms with Crippen LogP contribution in [0, 0.1) is 6.92 Å². The standard InChI is InChI=1S/C19H20F2N2O3/c1-3-14-9-6-7-13(2)18(14)23-17(24)12-25-22-11-15-8-4-5-10-16(15)26-19(20)21/h4-11,19H,3,12H2,1-2H3,(H,23,24)/b22-11-. The fraction of sp³-hybridized carbons (Fsp3) is 0.263. The van der Waals surface area contributed by atoms with Crippen molar-refractivity contribution in [2.75, 3.05) is 11.9 Å². The molecule has 0 aliphatic carbocycles. The molecule has 2 rings (SSSR count). The molecular formula is C19H20F2N2O3. The fourth-order valence-electron chi connectivity index (χ4n) is 2.36. The van der Waals surface area contributed by atoms with E-state index in [4.69, 9.17) is 4.84 Å². The number of rotatable bonds is 8. The predicted octanol–water partition coefficient (Wildman–Crippen LogP) is 4.15. The van der Waals surface area contributed by atoms with Gasteiger partial charge in [-0.2, -0.15) is 8.78 Å². The van der Waals surface area contributed by atoms with Crippen molar-refractivity contribution in [2.45, 2.75) is 26.9 Å². The van der Waals surface area contributed by atoms with Gasteiger partial charge in [0.15, 0.2) is 6.61 Å². The minimum absolute atomic E-state index is 0.0215. The number of oxime groups is 1. The number of halogens is 2. The van der Waals surface area contributed by atoms with Crippen LogP contribution in [0.1, 0.15) is 23.6 Å². The van der Waals surface area contributed by atoms with E-state index in [1.807, 2.05) is 32.0 Å². The van der Waals surface area contributed by atoms with Crippen LogP contribution in [0.2, 0.25) is 0 Å². The molecule has 0 bridgehead atoms. The molecule has 0 saturated heterocycles. The van der Waals surface area contributed by atoms with Gasteiger partial charge in [-0.05, 0) is 36.6 Å². The normalized spacial score (nSPS) is 11.0. The molecule has 0 aromatic heterocycles. The number of hydrogen-bond acceptors (Lipinski definition) is 4. The van der Waals surface area contributed by atoms with Crippen molar-refractivity contribution in [3.63, 3.8) is 0 Å². The summed E-state index contributed by atoms with van der Waals surface area (Å²) in [5, 5.41) is 6.45. The first-order valence-electron chi connectivity index (χ1n) is 8.08. The number of carbonyl (C=O) groups excluding carboxylic acids is 1. The maximum absolute atomic E-state index is 12.3. The van der Waals surface area contributed by atoms with Crippen molar-refractivity contribution in [3.8, 4) is 5.75 Å². The lowest BCUT2D eigenvalue weighted by Crippen LogP contribution is -2.18. The van der Waals surface area contributed by atoms with Gasteiger partial charge >= 0.3 is 6.61 Å². The highest BCUT2D eigenvalue weighted by Crippen LogP contribution is 2.21. The summed E-state index contributed by atoms with van der Waals surface area (Å²) < 4.78 is 29.1. The molecular weight excluding hydrogens is 342 g/mol. The van der Waals surface area contributed by atoms with E-state index >= 15 is 0 Å². The Morgan fingerprint density at radius 1 is 1.23 bits per heavy atom. The van der Waals surface area contributed by atoms with Gasteiger partial charge < -0.3 is 14.9 Å². The van der Waals surface area contributed by atoms with E-state index in [2.05, 4.69) is 15.2 Å². The van der Waals surface area contributed by atoms with Gasteiger partial charge in [0.05, 0.1) is 6.21 Å². The lowest BCUT2D eigenvalue weighted by atomic mass is 10.1. The first-order valence-corrected chi connectivity index (χ1v) is 8.08. The minimum atomic E-state index is -2.93. The summed E-state index contributed by atoms with van der Waals surface area (Å²) in [5.74, 6) is -0.380. The molecule has 2 aromatic carbocycles. The average Bonchev–Trinajstić information content (AvgIpc) is 2.61. The topological polar surface area (TPSA) is 59.9 Å². The van der Waals surface area contributed by atoms with Gasteiger partial charge in [0.25, 0.3) is 5.91 Å². The van der Waals surface area contributed by atoms with E-state index in [9.17, 15) is 13.6 Å². The summed E-state index contributed by atoms with van der Waals surface area (Å²) in [7, 11) is 0. The smallest absolute Gasteiger partial charge is 0.387 e. The molecule has 0 fully saturated rings. The Bertz CT molecular complexity index is 779. The molecule has 0 unspecified atom stereocenters. The quantitative estimate of drug-likeness (QED) is 0.567. The third-order valence-electron chi connectivity index (χ3n) is 3.60. The highest BCUT2D eigenvalue weighted by molar-refractivity contribution is 5.93. The minimum Gasteiger partial charge on any atom is -0.434 e. The molecule has 0 heterocycles. The van der Waals surface area contributed by atoms with E-state index in [0.29, 0.717) is 5.56 Å². The van der Waals surface area contributed by atoms with Crippen molar-refractivity contribution < 1.29 is 23.1 Å². The number of amides is 1. The molecule has 0 radical (unpaired) electrons. The molecule has 1 amide bonds. The van der Waals surface area contributed by atoms with E-state index in [-0.39, 0.29) is 18.3 Å². The number of benzene rings is 2. The van der Waals surface area contributed by atoms with Gasteiger partial charge in [0, 0.05) is 11.3 Å². The summed E-state index contributed by atoms with van der Waals surface area (Å²) in [6.45, 7) is 0.683. The summed E-state index contributed by atoms with van der Waals surface area (Å²) in [4.78, 5) is 17.0. The average molecular weight is 362 g/mol. The second kappa shape index (κ2) is 9.50. The lowest BCUT2D eigenvalue weighted by molar-refractivity contribution is -0.120. The zero-order chi connectivity index (χ0) is 18.9. The Morgan fingerprint density at radius 2 is 2.00 bits per heavy atom.